The molecule has 72 valence electrons. The molecule has 0 amide bonds. The molecule has 0 spiro atoms. The minimum atomic E-state index is -0.906. The third-order valence-corrected chi connectivity index (χ3v) is 1.97. The molecule has 14 heavy (non-hydrogen) atoms. The van der Waals surface area contributed by atoms with Crippen LogP contribution in [0.3, 0.4) is 0 Å². The number of hydrogen-bond acceptors (Lipinski definition) is 1. The summed E-state index contributed by atoms with van der Waals surface area (Å²) in [5.74, 6) is 4.41. The number of carboxylic acid groups (broad SMARTS) is 1. The Hall–Kier alpha value is -1.46. The van der Waals surface area contributed by atoms with Crippen LogP contribution in [-0.2, 0) is 11.2 Å². The first kappa shape index (κ1) is 10.6. The molecule has 1 N–H and O–H groups in total. The molecular weight excluding hydrogens is 200 g/mol. The standard InChI is InChI=1S/C11H9ClO2/c12-10-7-3-1-5-9(10)6-2-4-8-11(13)14/h1,3,5,7H,6,8H2,(H,13,14). The highest BCUT2D eigenvalue weighted by molar-refractivity contribution is 6.31. The summed E-state index contributed by atoms with van der Waals surface area (Å²) in [5.41, 5.74) is 0.923. The Balaban J connectivity index is 2.56. The van der Waals surface area contributed by atoms with Gasteiger partial charge in [0.1, 0.15) is 6.42 Å². The van der Waals surface area contributed by atoms with E-state index in [4.69, 9.17) is 16.7 Å². The van der Waals surface area contributed by atoms with Crippen molar-refractivity contribution in [2.75, 3.05) is 0 Å². The van der Waals surface area contributed by atoms with Crippen LogP contribution in [0.15, 0.2) is 24.3 Å². The first-order chi connectivity index (χ1) is 6.70. The molecule has 3 heteroatoms. The Morgan fingerprint density at radius 3 is 2.71 bits per heavy atom. The van der Waals surface area contributed by atoms with Crippen LogP contribution in [0.2, 0.25) is 5.02 Å². The van der Waals surface area contributed by atoms with Gasteiger partial charge in [-0.05, 0) is 11.6 Å². The zero-order valence-electron chi connectivity index (χ0n) is 7.46. The van der Waals surface area contributed by atoms with Crippen LogP contribution in [0.4, 0.5) is 0 Å². The zero-order chi connectivity index (χ0) is 10.4. The van der Waals surface area contributed by atoms with Gasteiger partial charge in [0.25, 0.3) is 0 Å². The van der Waals surface area contributed by atoms with Gasteiger partial charge < -0.3 is 5.11 Å². The molecule has 0 saturated heterocycles. The third-order valence-electron chi connectivity index (χ3n) is 1.60. The second kappa shape index (κ2) is 5.31. The minimum absolute atomic E-state index is 0.121. The molecule has 2 nitrogen and oxygen atoms in total. The molecule has 1 aromatic rings. The fourth-order valence-electron chi connectivity index (χ4n) is 0.938. The topological polar surface area (TPSA) is 37.3 Å². The maximum absolute atomic E-state index is 10.1. The Bertz CT molecular complexity index is 388. The lowest BCUT2D eigenvalue weighted by Crippen LogP contribution is -1.90. The second-order valence-corrected chi connectivity index (χ2v) is 3.10. The quantitative estimate of drug-likeness (QED) is 0.758. The lowest BCUT2D eigenvalue weighted by molar-refractivity contribution is -0.135. The molecule has 0 aliphatic heterocycles. The molecule has 0 unspecified atom stereocenters. The zero-order valence-corrected chi connectivity index (χ0v) is 8.21. The highest BCUT2D eigenvalue weighted by atomic mass is 35.5. The summed E-state index contributed by atoms with van der Waals surface area (Å²) in [7, 11) is 0. The lowest BCUT2D eigenvalue weighted by Gasteiger charge is -1.96. The Kier molecular flexibility index (Phi) is 4.03. The van der Waals surface area contributed by atoms with E-state index < -0.39 is 5.97 Å². The molecule has 0 atom stereocenters. The summed E-state index contributed by atoms with van der Waals surface area (Å²) in [5, 5.41) is 9.00. The highest BCUT2D eigenvalue weighted by Gasteiger charge is 1.95. The predicted octanol–water partition coefficient (Wildman–Crippen LogP) is 2.36. The van der Waals surface area contributed by atoms with Crippen molar-refractivity contribution in [2.45, 2.75) is 12.8 Å². The normalized spacial score (nSPS) is 8.93. The monoisotopic (exact) mass is 208 g/mol. The summed E-state index contributed by atoms with van der Waals surface area (Å²) < 4.78 is 0. The molecule has 0 aliphatic carbocycles. The van der Waals surface area contributed by atoms with E-state index >= 15 is 0 Å². The molecule has 0 aliphatic rings. The molecule has 1 rings (SSSR count). The van der Waals surface area contributed by atoms with Gasteiger partial charge in [0.05, 0.1) is 0 Å². The number of halogens is 1. The van der Waals surface area contributed by atoms with E-state index in [9.17, 15) is 4.79 Å². The van der Waals surface area contributed by atoms with E-state index in [-0.39, 0.29) is 6.42 Å². The van der Waals surface area contributed by atoms with Crippen LogP contribution < -0.4 is 0 Å². The molecular formula is C11H9ClO2. The smallest absolute Gasteiger partial charge is 0.315 e. The average molecular weight is 209 g/mol. The van der Waals surface area contributed by atoms with Gasteiger partial charge in [-0.1, -0.05) is 41.6 Å². The van der Waals surface area contributed by atoms with Gasteiger partial charge in [-0.3, -0.25) is 4.79 Å². The van der Waals surface area contributed by atoms with Gasteiger partial charge in [-0.15, -0.1) is 0 Å². The maximum atomic E-state index is 10.1. The van der Waals surface area contributed by atoms with Crippen LogP contribution in [0.1, 0.15) is 12.0 Å². The predicted molar refractivity (Wildman–Crippen MR) is 55.2 cm³/mol. The van der Waals surface area contributed by atoms with Gasteiger partial charge in [0.15, 0.2) is 0 Å². The van der Waals surface area contributed by atoms with Gasteiger partial charge >= 0.3 is 5.97 Å². The van der Waals surface area contributed by atoms with E-state index in [0.717, 1.165) is 5.56 Å². The fraction of sp³-hybridized carbons (Fsp3) is 0.182. The van der Waals surface area contributed by atoms with Crippen molar-refractivity contribution in [2.24, 2.45) is 0 Å². The van der Waals surface area contributed by atoms with Crippen molar-refractivity contribution in [1.29, 1.82) is 0 Å². The van der Waals surface area contributed by atoms with Crippen LogP contribution in [0, 0.1) is 11.8 Å². The third kappa shape index (κ3) is 3.51. The SMILES string of the molecule is O=C(O)CC#CCc1ccccc1Cl. The van der Waals surface area contributed by atoms with Crippen molar-refractivity contribution >= 4 is 17.6 Å². The second-order valence-electron chi connectivity index (χ2n) is 2.69. The number of aliphatic carboxylic acids is 1. The molecule has 1 aromatic carbocycles. The number of rotatable bonds is 2. The van der Waals surface area contributed by atoms with Gasteiger partial charge in [-0.2, -0.15) is 0 Å². The first-order valence-corrected chi connectivity index (χ1v) is 4.49. The van der Waals surface area contributed by atoms with Crippen molar-refractivity contribution in [1.82, 2.24) is 0 Å². The summed E-state index contributed by atoms with van der Waals surface area (Å²) in [4.78, 5) is 10.1. The summed E-state index contributed by atoms with van der Waals surface area (Å²) in [6, 6.07) is 7.38. The van der Waals surface area contributed by atoms with Crippen molar-refractivity contribution in [3.63, 3.8) is 0 Å². The number of benzene rings is 1. The number of carbonyl (C=O) groups is 1. The van der Waals surface area contributed by atoms with Gasteiger partial charge in [0, 0.05) is 11.4 Å². The van der Waals surface area contributed by atoms with E-state index in [0.29, 0.717) is 11.4 Å². The summed E-state index contributed by atoms with van der Waals surface area (Å²) in [6.45, 7) is 0. The van der Waals surface area contributed by atoms with E-state index in [2.05, 4.69) is 11.8 Å². The van der Waals surface area contributed by atoms with Crippen LogP contribution in [0.25, 0.3) is 0 Å². The minimum Gasteiger partial charge on any atom is -0.481 e. The largest absolute Gasteiger partial charge is 0.481 e. The summed E-state index contributed by atoms with van der Waals surface area (Å²) >= 11 is 5.88. The molecule has 0 saturated carbocycles. The molecule has 0 radical (unpaired) electrons. The van der Waals surface area contributed by atoms with Gasteiger partial charge in [-0.25, -0.2) is 0 Å². The van der Waals surface area contributed by atoms with E-state index in [1.54, 1.807) is 6.07 Å². The molecule has 0 bridgehead atoms. The Morgan fingerprint density at radius 1 is 1.36 bits per heavy atom. The van der Waals surface area contributed by atoms with Crippen LogP contribution in [0.5, 0.6) is 0 Å². The first-order valence-electron chi connectivity index (χ1n) is 4.11. The number of carboxylic acids is 1. The van der Waals surface area contributed by atoms with Gasteiger partial charge in [0.2, 0.25) is 0 Å². The number of hydrogen-bond donors (Lipinski definition) is 1. The van der Waals surface area contributed by atoms with Crippen LogP contribution in [-0.4, -0.2) is 11.1 Å². The Labute approximate surface area is 87.5 Å². The molecule has 0 fully saturated rings. The van der Waals surface area contributed by atoms with Crippen LogP contribution >= 0.6 is 11.6 Å². The molecule has 0 heterocycles. The molecule has 0 aromatic heterocycles. The van der Waals surface area contributed by atoms with Crippen molar-refractivity contribution in [3.8, 4) is 11.8 Å². The van der Waals surface area contributed by atoms with E-state index in [1.807, 2.05) is 18.2 Å². The average Bonchev–Trinajstić information content (AvgIpc) is 2.15. The Morgan fingerprint density at radius 2 is 2.07 bits per heavy atom. The maximum Gasteiger partial charge on any atom is 0.315 e. The fourth-order valence-corrected chi connectivity index (χ4v) is 1.14. The highest BCUT2D eigenvalue weighted by Crippen LogP contribution is 2.14. The lowest BCUT2D eigenvalue weighted by atomic mass is 10.1. The van der Waals surface area contributed by atoms with Crippen molar-refractivity contribution in [3.05, 3.63) is 34.9 Å². The van der Waals surface area contributed by atoms with Crippen molar-refractivity contribution < 1.29 is 9.90 Å². The summed E-state index contributed by atoms with van der Waals surface area (Å²) in [6.07, 6.45) is 0.372. The van der Waals surface area contributed by atoms with E-state index in [1.165, 1.54) is 0 Å².